The Morgan fingerprint density at radius 2 is 2.21 bits per heavy atom. The third kappa shape index (κ3) is 3.50. The summed E-state index contributed by atoms with van der Waals surface area (Å²) in [5.41, 5.74) is 2.26. The third-order valence-corrected chi connectivity index (χ3v) is 4.28. The lowest BCUT2D eigenvalue weighted by molar-refractivity contribution is -0.120. The molecular weight excluding hydrogens is 196 g/mol. The summed E-state index contributed by atoms with van der Waals surface area (Å²) in [5.74, 6) is 5.15. The Bertz CT molecular complexity index is 181. The van der Waals surface area contributed by atoms with Crippen molar-refractivity contribution in [2.45, 2.75) is 55.9 Å². The lowest BCUT2D eigenvalue weighted by atomic mass is 10.2. The Morgan fingerprint density at radius 3 is 2.71 bits per heavy atom. The van der Waals surface area contributed by atoms with Gasteiger partial charge in [-0.05, 0) is 19.3 Å². The number of hydrogen-bond acceptors (Lipinski definition) is 3. The summed E-state index contributed by atoms with van der Waals surface area (Å²) < 4.78 is 0. The van der Waals surface area contributed by atoms with Gasteiger partial charge in [-0.3, -0.25) is 10.2 Å². The van der Waals surface area contributed by atoms with Crippen LogP contribution in [0.4, 0.5) is 0 Å². The SMILES string of the molecule is CCCC(SC1CCCC1)C(=O)NN. The molecule has 4 heteroatoms. The minimum Gasteiger partial charge on any atom is -0.293 e. The van der Waals surface area contributed by atoms with E-state index in [1.165, 1.54) is 25.7 Å². The molecule has 0 aromatic rings. The van der Waals surface area contributed by atoms with E-state index >= 15 is 0 Å². The smallest absolute Gasteiger partial charge is 0.246 e. The highest BCUT2D eigenvalue weighted by atomic mass is 32.2. The van der Waals surface area contributed by atoms with Crippen molar-refractivity contribution in [3.8, 4) is 0 Å². The molecule has 82 valence electrons. The van der Waals surface area contributed by atoms with E-state index in [9.17, 15) is 4.79 Å². The summed E-state index contributed by atoms with van der Waals surface area (Å²) in [4.78, 5) is 11.4. The van der Waals surface area contributed by atoms with E-state index in [1.54, 1.807) is 0 Å². The molecule has 1 atom stereocenters. The van der Waals surface area contributed by atoms with E-state index < -0.39 is 0 Å². The van der Waals surface area contributed by atoms with E-state index in [0.29, 0.717) is 5.25 Å². The van der Waals surface area contributed by atoms with Gasteiger partial charge in [0.1, 0.15) is 0 Å². The van der Waals surface area contributed by atoms with Gasteiger partial charge in [-0.1, -0.05) is 26.2 Å². The zero-order valence-corrected chi connectivity index (χ0v) is 9.61. The van der Waals surface area contributed by atoms with Crippen LogP contribution in [0, 0.1) is 0 Å². The zero-order valence-electron chi connectivity index (χ0n) is 8.79. The summed E-state index contributed by atoms with van der Waals surface area (Å²) in [6.07, 6.45) is 7.15. The first kappa shape index (κ1) is 11.9. The number of hydrazine groups is 1. The number of thioether (sulfide) groups is 1. The van der Waals surface area contributed by atoms with Crippen LogP contribution in [-0.2, 0) is 4.79 Å². The van der Waals surface area contributed by atoms with Crippen LogP contribution < -0.4 is 11.3 Å². The van der Waals surface area contributed by atoms with Crippen LogP contribution in [0.15, 0.2) is 0 Å². The van der Waals surface area contributed by atoms with Gasteiger partial charge in [-0.15, -0.1) is 11.8 Å². The minimum absolute atomic E-state index is 0.0104. The van der Waals surface area contributed by atoms with Gasteiger partial charge in [0.2, 0.25) is 5.91 Å². The maximum Gasteiger partial charge on any atom is 0.246 e. The number of carbonyl (C=O) groups excluding carboxylic acids is 1. The highest BCUT2D eigenvalue weighted by molar-refractivity contribution is 8.01. The molecule has 1 rings (SSSR count). The quantitative estimate of drug-likeness (QED) is 0.419. The van der Waals surface area contributed by atoms with Gasteiger partial charge in [0, 0.05) is 5.25 Å². The molecule has 1 saturated carbocycles. The molecule has 0 saturated heterocycles. The Morgan fingerprint density at radius 1 is 1.57 bits per heavy atom. The van der Waals surface area contributed by atoms with E-state index in [0.717, 1.165) is 12.8 Å². The normalized spacial score (nSPS) is 19.6. The molecule has 0 spiro atoms. The van der Waals surface area contributed by atoms with Crippen LogP contribution in [0.5, 0.6) is 0 Å². The highest BCUT2D eigenvalue weighted by Gasteiger charge is 2.24. The van der Waals surface area contributed by atoms with Gasteiger partial charge in [0.05, 0.1) is 5.25 Å². The van der Waals surface area contributed by atoms with E-state index in [-0.39, 0.29) is 11.2 Å². The molecule has 1 fully saturated rings. The van der Waals surface area contributed by atoms with Crippen LogP contribution >= 0.6 is 11.8 Å². The second-order valence-corrected chi connectivity index (χ2v) is 5.34. The van der Waals surface area contributed by atoms with Crippen LogP contribution in [-0.4, -0.2) is 16.4 Å². The Labute approximate surface area is 90.2 Å². The maximum atomic E-state index is 11.4. The second kappa shape index (κ2) is 6.30. The van der Waals surface area contributed by atoms with Gasteiger partial charge < -0.3 is 0 Å². The number of hydrogen-bond donors (Lipinski definition) is 2. The van der Waals surface area contributed by atoms with E-state index in [1.807, 2.05) is 11.8 Å². The Balaban J connectivity index is 2.37. The molecule has 0 radical (unpaired) electrons. The summed E-state index contributed by atoms with van der Waals surface area (Å²) in [6.45, 7) is 2.10. The van der Waals surface area contributed by atoms with Crippen LogP contribution in [0.3, 0.4) is 0 Å². The Hall–Kier alpha value is -0.220. The highest BCUT2D eigenvalue weighted by Crippen LogP contribution is 2.33. The molecule has 0 aliphatic heterocycles. The molecular formula is C10H20N2OS. The maximum absolute atomic E-state index is 11.4. The zero-order chi connectivity index (χ0) is 10.4. The van der Waals surface area contributed by atoms with Crippen molar-refractivity contribution in [1.29, 1.82) is 0 Å². The summed E-state index contributed by atoms with van der Waals surface area (Å²) >= 11 is 1.82. The lowest BCUT2D eigenvalue weighted by Crippen LogP contribution is -2.38. The van der Waals surface area contributed by atoms with Crippen molar-refractivity contribution < 1.29 is 4.79 Å². The van der Waals surface area contributed by atoms with Crippen molar-refractivity contribution in [3.05, 3.63) is 0 Å². The molecule has 14 heavy (non-hydrogen) atoms. The largest absolute Gasteiger partial charge is 0.293 e. The molecule has 3 nitrogen and oxygen atoms in total. The molecule has 0 aromatic carbocycles. The van der Waals surface area contributed by atoms with Crippen molar-refractivity contribution >= 4 is 17.7 Å². The fraction of sp³-hybridized carbons (Fsp3) is 0.900. The van der Waals surface area contributed by atoms with Crippen molar-refractivity contribution in [2.24, 2.45) is 5.84 Å². The average molecular weight is 216 g/mol. The van der Waals surface area contributed by atoms with E-state index in [4.69, 9.17) is 5.84 Å². The van der Waals surface area contributed by atoms with Crippen molar-refractivity contribution in [3.63, 3.8) is 0 Å². The summed E-state index contributed by atoms with van der Waals surface area (Å²) in [7, 11) is 0. The first-order chi connectivity index (χ1) is 6.77. The molecule has 0 bridgehead atoms. The number of amides is 1. The molecule has 0 heterocycles. The van der Waals surface area contributed by atoms with Crippen molar-refractivity contribution in [1.82, 2.24) is 5.43 Å². The second-order valence-electron chi connectivity index (χ2n) is 3.83. The topological polar surface area (TPSA) is 55.1 Å². The van der Waals surface area contributed by atoms with Gasteiger partial charge in [0.25, 0.3) is 0 Å². The fourth-order valence-corrected chi connectivity index (χ4v) is 3.51. The molecule has 1 amide bonds. The summed E-state index contributed by atoms with van der Waals surface area (Å²) in [6, 6.07) is 0. The standard InChI is InChI=1S/C10H20N2OS/c1-2-5-9(10(13)12-11)14-8-6-3-4-7-8/h8-9H,2-7,11H2,1H3,(H,12,13). The van der Waals surface area contributed by atoms with Gasteiger partial charge in [-0.2, -0.15) is 0 Å². The minimum atomic E-state index is -0.0104. The van der Waals surface area contributed by atoms with Gasteiger partial charge in [0.15, 0.2) is 0 Å². The third-order valence-electron chi connectivity index (χ3n) is 2.64. The first-order valence-electron chi connectivity index (χ1n) is 5.43. The Kier molecular flexibility index (Phi) is 5.33. The molecule has 1 aliphatic rings. The predicted octanol–water partition coefficient (Wildman–Crippen LogP) is 1.82. The number of carbonyl (C=O) groups is 1. The van der Waals surface area contributed by atoms with Crippen LogP contribution in [0.1, 0.15) is 45.4 Å². The van der Waals surface area contributed by atoms with Gasteiger partial charge >= 0.3 is 0 Å². The van der Waals surface area contributed by atoms with Crippen molar-refractivity contribution in [2.75, 3.05) is 0 Å². The number of nitrogens with two attached hydrogens (primary N) is 1. The molecule has 1 unspecified atom stereocenters. The lowest BCUT2D eigenvalue weighted by Gasteiger charge is -2.17. The number of nitrogens with one attached hydrogen (secondary N) is 1. The first-order valence-corrected chi connectivity index (χ1v) is 6.38. The monoisotopic (exact) mass is 216 g/mol. The average Bonchev–Trinajstić information content (AvgIpc) is 2.68. The predicted molar refractivity (Wildman–Crippen MR) is 60.9 cm³/mol. The van der Waals surface area contributed by atoms with Crippen LogP contribution in [0.2, 0.25) is 0 Å². The van der Waals surface area contributed by atoms with E-state index in [2.05, 4.69) is 12.3 Å². The summed E-state index contributed by atoms with van der Waals surface area (Å²) in [5, 5.41) is 0.747. The fourth-order valence-electron chi connectivity index (χ4n) is 1.87. The van der Waals surface area contributed by atoms with Crippen LogP contribution in [0.25, 0.3) is 0 Å². The van der Waals surface area contributed by atoms with Gasteiger partial charge in [-0.25, -0.2) is 5.84 Å². The molecule has 3 N–H and O–H groups in total. The molecule has 1 aliphatic carbocycles. The number of rotatable bonds is 5. The molecule has 0 aromatic heterocycles.